The van der Waals surface area contributed by atoms with Crippen LogP contribution in [-0.2, 0) is 29.2 Å². The van der Waals surface area contributed by atoms with Crippen LogP contribution in [0, 0.1) is 0 Å². The molecule has 184 valence electrons. The van der Waals surface area contributed by atoms with Crippen molar-refractivity contribution in [2.24, 2.45) is 4.99 Å². The van der Waals surface area contributed by atoms with Gasteiger partial charge < -0.3 is 10.1 Å². The molecule has 1 aliphatic heterocycles. The first-order valence-corrected chi connectivity index (χ1v) is 11.8. The number of rotatable bonds is 6. The van der Waals surface area contributed by atoms with Crippen LogP contribution < -0.4 is 5.32 Å². The van der Waals surface area contributed by atoms with Crippen LogP contribution in [0.25, 0.3) is 5.70 Å². The number of allylic oxidation sites excluding steroid dienone is 1. The molecule has 0 radical (unpaired) electrons. The highest BCUT2D eigenvalue weighted by Crippen LogP contribution is 2.35. The summed E-state index contributed by atoms with van der Waals surface area (Å²) in [6, 6.07) is 12.7. The number of alkyl halides is 3. The van der Waals surface area contributed by atoms with E-state index >= 15 is 0 Å². The van der Waals surface area contributed by atoms with Gasteiger partial charge in [0.2, 0.25) is 5.90 Å². The Morgan fingerprint density at radius 2 is 1.79 bits per heavy atom. The molecule has 0 aliphatic carbocycles. The molecule has 2 aromatic rings. The lowest BCUT2D eigenvalue weighted by Crippen LogP contribution is -2.32. The van der Waals surface area contributed by atoms with Gasteiger partial charge in [-0.05, 0) is 67.3 Å². The standard InChI is InChI=1S/C28H35F3N2O/c1-6-24(33-26(34-5)25-8-7-17-32-25)21-14-13-20(23(18-21)28(29,30)31)12-9-19-10-15-22(16-11-19)27(2,3)4/h6,10-11,13-16,18,25,32H,7-9,12,17H2,1-5H3/b24-6-,33-26?. The van der Waals surface area contributed by atoms with E-state index in [0.717, 1.165) is 24.9 Å². The maximum absolute atomic E-state index is 14.0. The molecule has 3 rings (SSSR count). The molecule has 0 spiro atoms. The van der Waals surface area contributed by atoms with Crippen molar-refractivity contribution in [3.8, 4) is 0 Å². The summed E-state index contributed by atoms with van der Waals surface area (Å²) in [5.41, 5.74) is 2.86. The lowest BCUT2D eigenvalue weighted by atomic mass is 9.86. The highest BCUT2D eigenvalue weighted by atomic mass is 19.4. The molecule has 2 aromatic carbocycles. The molecule has 1 aliphatic rings. The van der Waals surface area contributed by atoms with E-state index in [0.29, 0.717) is 35.6 Å². The third-order valence-electron chi connectivity index (χ3n) is 6.29. The molecular formula is C28H35F3N2O. The largest absolute Gasteiger partial charge is 0.483 e. The average Bonchev–Trinajstić information content (AvgIpc) is 3.32. The Morgan fingerprint density at radius 3 is 2.32 bits per heavy atom. The molecule has 0 bridgehead atoms. The van der Waals surface area contributed by atoms with Gasteiger partial charge in [-0.1, -0.05) is 63.2 Å². The van der Waals surface area contributed by atoms with Crippen LogP contribution in [0.2, 0.25) is 0 Å². The average molecular weight is 473 g/mol. The number of methoxy groups -OCH3 is 1. The van der Waals surface area contributed by atoms with Gasteiger partial charge in [0.15, 0.2) is 0 Å². The van der Waals surface area contributed by atoms with E-state index in [1.807, 2.05) is 12.1 Å². The Bertz CT molecular complexity index is 1030. The third-order valence-corrected chi connectivity index (χ3v) is 6.29. The third kappa shape index (κ3) is 6.50. The molecule has 3 nitrogen and oxygen atoms in total. The minimum absolute atomic E-state index is 0.00835. The van der Waals surface area contributed by atoms with E-state index < -0.39 is 11.7 Å². The van der Waals surface area contributed by atoms with E-state index in [1.54, 1.807) is 32.2 Å². The zero-order chi connectivity index (χ0) is 24.9. The maximum atomic E-state index is 14.0. The number of ether oxygens (including phenoxy) is 1. The summed E-state index contributed by atoms with van der Waals surface area (Å²) >= 11 is 0. The second kappa shape index (κ2) is 10.8. The molecule has 1 atom stereocenters. The Balaban J connectivity index is 1.84. The number of nitrogens with zero attached hydrogens (tertiary/aromatic N) is 1. The van der Waals surface area contributed by atoms with E-state index in [2.05, 4.69) is 43.2 Å². The van der Waals surface area contributed by atoms with Crippen molar-refractivity contribution in [3.05, 3.63) is 76.4 Å². The molecule has 1 unspecified atom stereocenters. The molecule has 34 heavy (non-hydrogen) atoms. The van der Waals surface area contributed by atoms with Gasteiger partial charge in [-0.25, -0.2) is 4.99 Å². The Hall–Kier alpha value is -2.60. The van der Waals surface area contributed by atoms with Gasteiger partial charge in [0.05, 0.1) is 24.4 Å². The van der Waals surface area contributed by atoms with Gasteiger partial charge in [0.25, 0.3) is 0 Å². The number of hydrogen-bond acceptors (Lipinski definition) is 3. The summed E-state index contributed by atoms with van der Waals surface area (Å²) in [5, 5.41) is 3.31. The molecule has 1 N–H and O–H groups in total. The first-order valence-electron chi connectivity index (χ1n) is 11.8. The fourth-order valence-corrected chi connectivity index (χ4v) is 4.24. The highest BCUT2D eigenvalue weighted by Gasteiger charge is 2.33. The maximum Gasteiger partial charge on any atom is 0.416 e. The van der Waals surface area contributed by atoms with Crippen LogP contribution >= 0.6 is 0 Å². The van der Waals surface area contributed by atoms with Crippen molar-refractivity contribution < 1.29 is 17.9 Å². The predicted octanol–water partition coefficient (Wildman–Crippen LogP) is 6.95. The van der Waals surface area contributed by atoms with Gasteiger partial charge >= 0.3 is 6.18 Å². The SMILES string of the molecule is C/C=C(\N=C(OC)C1CCCN1)c1ccc(CCc2ccc(C(C)(C)C)cc2)c(C(F)(F)F)c1. The van der Waals surface area contributed by atoms with E-state index in [1.165, 1.54) is 11.6 Å². The summed E-state index contributed by atoms with van der Waals surface area (Å²) in [4.78, 5) is 4.57. The van der Waals surface area contributed by atoms with Crippen LogP contribution in [-0.4, -0.2) is 25.6 Å². The Morgan fingerprint density at radius 1 is 1.09 bits per heavy atom. The fraction of sp³-hybridized carbons (Fsp3) is 0.464. The van der Waals surface area contributed by atoms with Crippen molar-refractivity contribution in [1.29, 1.82) is 0 Å². The second-order valence-corrected chi connectivity index (χ2v) is 9.79. The van der Waals surface area contributed by atoms with Crippen molar-refractivity contribution in [2.75, 3.05) is 13.7 Å². The van der Waals surface area contributed by atoms with Crippen LogP contribution in [0.4, 0.5) is 13.2 Å². The van der Waals surface area contributed by atoms with Gasteiger partial charge in [-0.3, -0.25) is 0 Å². The molecule has 0 aromatic heterocycles. The minimum atomic E-state index is -4.44. The highest BCUT2D eigenvalue weighted by molar-refractivity contribution is 5.88. The number of nitrogens with one attached hydrogen (secondary N) is 1. The monoisotopic (exact) mass is 472 g/mol. The molecule has 1 saturated heterocycles. The van der Waals surface area contributed by atoms with Crippen molar-refractivity contribution in [1.82, 2.24) is 5.32 Å². The molecular weight excluding hydrogens is 437 g/mol. The second-order valence-electron chi connectivity index (χ2n) is 9.79. The molecule has 0 saturated carbocycles. The minimum Gasteiger partial charge on any atom is -0.483 e. The van der Waals surface area contributed by atoms with Gasteiger partial charge in [0, 0.05) is 5.56 Å². The van der Waals surface area contributed by atoms with E-state index in [9.17, 15) is 13.2 Å². The summed E-state index contributed by atoms with van der Waals surface area (Å²) in [5.74, 6) is 0.502. The van der Waals surface area contributed by atoms with Crippen LogP contribution in [0.1, 0.15) is 68.4 Å². The fourth-order valence-electron chi connectivity index (χ4n) is 4.24. The number of aliphatic imine (C=N–C) groups is 1. The summed E-state index contributed by atoms with van der Waals surface area (Å²) in [7, 11) is 1.55. The normalized spacial score (nSPS) is 17.8. The molecule has 6 heteroatoms. The van der Waals surface area contributed by atoms with Gasteiger partial charge in [-0.15, -0.1) is 0 Å². The van der Waals surface area contributed by atoms with Crippen molar-refractivity contribution in [2.45, 2.75) is 71.0 Å². The van der Waals surface area contributed by atoms with Crippen molar-refractivity contribution >= 4 is 11.6 Å². The molecule has 0 amide bonds. The number of halogens is 3. The zero-order valence-electron chi connectivity index (χ0n) is 20.7. The number of hydrogen-bond donors (Lipinski definition) is 1. The van der Waals surface area contributed by atoms with Gasteiger partial charge in [0.1, 0.15) is 0 Å². The van der Waals surface area contributed by atoms with E-state index in [4.69, 9.17) is 4.74 Å². The molecule has 1 heterocycles. The quantitative estimate of drug-likeness (QED) is 0.365. The van der Waals surface area contributed by atoms with Crippen LogP contribution in [0.3, 0.4) is 0 Å². The first-order chi connectivity index (χ1) is 16.0. The smallest absolute Gasteiger partial charge is 0.416 e. The zero-order valence-corrected chi connectivity index (χ0v) is 20.7. The van der Waals surface area contributed by atoms with Crippen LogP contribution in [0.5, 0.6) is 0 Å². The summed E-state index contributed by atoms with van der Waals surface area (Å²) in [6.45, 7) is 9.08. The van der Waals surface area contributed by atoms with E-state index in [-0.39, 0.29) is 11.5 Å². The number of aryl methyl sites for hydroxylation is 2. The van der Waals surface area contributed by atoms with Gasteiger partial charge in [-0.2, -0.15) is 13.2 Å². The first kappa shape index (κ1) is 26.0. The number of benzene rings is 2. The summed E-state index contributed by atoms with van der Waals surface area (Å²) in [6.07, 6.45) is 0.0502. The van der Waals surface area contributed by atoms with Crippen LogP contribution in [0.15, 0.2) is 53.5 Å². The summed E-state index contributed by atoms with van der Waals surface area (Å²) < 4.78 is 47.4. The molecule has 1 fully saturated rings. The predicted molar refractivity (Wildman–Crippen MR) is 133 cm³/mol. The lowest BCUT2D eigenvalue weighted by Gasteiger charge is -2.19. The van der Waals surface area contributed by atoms with Crippen molar-refractivity contribution in [3.63, 3.8) is 0 Å². The Labute approximate surface area is 201 Å². The topological polar surface area (TPSA) is 33.6 Å². The lowest BCUT2D eigenvalue weighted by molar-refractivity contribution is -0.138. The Kier molecular flexibility index (Phi) is 8.24.